The molecule has 0 bridgehead atoms. The van der Waals surface area contributed by atoms with Crippen molar-refractivity contribution in [1.29, 1.82) is 0 Å². The Balaban J connectivity index is 1.77. The van der Waals surface area contributed by atoms with E-state index in [0.29, 0.717) is 23.8 Å². The summed E-state index contributed by atoms with van der Waals surface area (Å²) >= 11 is 0. The molecule has 1 aromatic carbocycles. The number of nitrogens with one attached hydrogen (secondary N) is 1. The molecule has 1 saturated carbocycles. The van der Waals surface area contributed by atoms with Crippen molar-refractivity contribution in [3.8, 4) is 5.75 Å². The molecule has 0 saturated heterocycles. The van der Waals surface area contributed by atoms with Crippen molar-refractivity contribution in [3.63, 3.8) is 0 Å². The van der Waals surface area contributed by atoms with Crippen LogP contribution in [0.4, 0.5) is 0 Å². The summed E-state index contributed by atoms with van der Waals surface area (Å²) < 4.78 is 0. The lowest BCUT2D eigenvalue weighted by Crippen LogP contribution is -2.32. The van der Waals surface area contributed by atoms with Gasteiger partial charge in [0.25, 0.3) is 0 Å². The first-order valence-electron chi connectivity index (χ1n) is 8.75. The summed E-state index contributed by atoms with van der Waals surface area (Å²) in [5.74, 6) is 1.04. The van der Waals surface area contributed by atoms with Crippen molar-refractivity contribution in [2.24, 2.45) is 0 Å². The van der Waals surface area contributed by atoms with E-state index in [2.05, 4.69) is 25.2 Å². The molecular formula is C19H29NO. The summed E-state index contributed by atoms with van der Waals surface area (Å²) in [7, 11) is 0. The molecule has 0 amide bonds. The highest BCUT2D eigenvalue weighted by Crippen LogP contribution is 2.46. The molecule has 1 fully saturated rings. The van der Waals surface area contributed by atoms with Crippen molar-refractivity contribution in [2.75, 3.05) is 0 Å². The minimum absolute atomic E-state index is 0.347. The van der Waals surface area contributed by atoms with Gasteiger partial charge in [-0.05, 0) is 49.3 Å². The largest absolute Gasteiger partial charge is 0.508 e. The van der Waals surface area contributed by atoms with Gasteiger partial charge in [-0.1, -0.05) is 45.1 Å². The molecule has 2 nitrogen and oxygen atoms in total. The molecule has 2 atom stereocenters. The van der Waals surface area contributed by atoms with Gasteiger partial charge in [-0.2, -0.15) is 0 Å². The topological polar surface area (TPSA) is 32.3 Å². The van der Waals surface area contributed by atoms with E-state index in [1.807, 2.05) is 6.07 Å². The second-order valence-electron chi connectivity index (χ2n) is 7.13. The highest BCUT2D eigenvalue weighted by molar-refractivity contribution is 5.50. The maximum absolute atomic E-state index is 10.3. The van der Waals surface area contributed by atoms with Crippen LogP contribution in [-0.2, 0) is 0 Å². The number of phenols is 1. The monoisotopic (exact) mass is 287 g/mol. The minimum atomic E-state index is 0.347. The molecule has 0 radical (unpaired) electrons. The van der Waals surface area contributed by atoms with Crippen LogP contribution in [-0.4, -0.2) is 11.1 Å². The van der Waals surface area contributed by atoms with Gasteiger partial charge in [-0.25, -0.2) is 0 Å². The van der Waals surface area contributed by atoms with E-state index < -0.39 is 0 Å². The Morgan fingerprint density at radius 2 is 1.67 bits per heavy atom. The van der Waals surface area contributed by atoms with Gasteiger partial charge in [0.05, 0.1) is 0 Å². The lowest BCUT2D eigenvalue weighted by Gasteiger charge is -2.26. The molecule has 1 aromatic rings. The van der Waals surface area contributed by atoms with Crippen LogP contribution >= 0.6 is 0 Å². The molecule has 3 rings (SSSR count). The van der Waals surface area contributed by atoms with Crippen LogP contribution in [0, 0.1) is 6.92 Å². The normalized spacial score (nSPS) is 27.1. The third kappa shape index (κ3) is 3.11. The maximum Gasteiger partial charge on any atom is 0.120 e. The first-order chi connectivity index (χ1) is 10.2. The van der Waals surface area contributed by atoms with E-state index in [4.69, 9.17) is 0 Å². The summed E-state index contributed by atoms with van der Waals surface area (Å²) in [4.78, 5) is 0. The summed E-state index contributed by atoms with van der Waals surface area (Å²) in [5.41, 5.74) is 3.90. The van der Waals surface area contributed by atoms with Gasteiger partial charge in [0.15, 0.2) is 0 Å². The number of rotatable bonds is 2. The quantitative estimate of drug-likeness (QED) is 0.806. The Bertz CT molecular complexity index is 489. The summed E-state index contributed by atoms with van der Waals surface area (Å²) in [5, 5.41) is 14.2. The van der Waals surface area contributed by atoms with Crippen LogP contribution in [0.1, 0.15) is 86.9 Å². The molecule has 2 heteroatoms. The smallest absolute Gasteiger partial charge is 0.120 e. The molecule has 0 aromatic heterocycles. The molecule has 2 aliphatic rings. The van der Waals surface area contributed by atoms with Gasteiger partial charge >= 0.3 is 0 Å². The number of hydrogen-bond donors (Lipinski definition) is 2. The van der Waals surface area contributed by atoms with Crippen molar-refractivity contribution in [2.45, 2.75) is 83.2 Å². The van der Waals surface area contributed by atoms with Crippen LogP contribution in [0.5, 0.6) is 5.75 Å². The fraction of sp³-hybridized carbons (Fsp3) is 0.684. The first-order valence-corrected chi connectivity index (χ1v) is 8.75. The number of phenolic OH excluding ortho intramolecular Hbond substituents is 1. The van der Waals surface area contributed by atoms with E-state index in [9.17, 15) is 5.11 Å². The van der Waals surface area contributed by atoms with Crippen LogP contribution < -0.4 is 5.32 Å². The SMILES string of the molecule is Cc1ccc(O)c2c1C(C)CC2NC1CCCCCCC1. The van der Waals surface area contributed by atoms with Crippen molar-refractivity contribution >= 4 is 0 Å². The number of aryl methyl sites for hydroxylation is 1. The molecule has 2 unspecified atom stereocenters. The van der Waals surface area contributed by atoms with Gasteiger partial charge in [0.1, 0.15) is 5.75 Å². The lowest BCUT2D eigenvalue weighted by molar-refractivity contribution is 0.343. The minimum Gasteiger partial charge on any atom is -0.508 e. The maximum atomic E-state index is 10.3. The first kappa shape index (κ1) is 14.9. The van der Waals surface area contributed by atoms with Gasteiger partial charge in [0.2, 0.25) is 0 Å². The Kier molecular flexibility index (Phi) is 4.54. The Labute approximate surface area is 129 Å². The number of hydrogen-bond acceptors (Lipinski definition) is 2. The number of fused-ring (bicyclic) bond motifs is 1. The highest BCUT2D eigenvalue weighted by atomic mass is 16.3. The van der Waals surface area contributed by atoms with Gasteiger partial charge in [0, 0.05) is 17.6 Å². The van der Waals surface area contributed by atoms with Crippen LogP contribution in [0.25, 0.3) is 0 Å². The average Bonchev–Trinajstić information content (AvgIpc) is 2.75. The fourth-order valence-corrected chi connectivity index (χ4v) is 4.40. The highest BCUT2D eigenvalue weighted by Gasteiger charge is 2.33. The molecule has 0 aliphatic heterocycles. The second-order valence-corrected chi connectivity index (χ2v) is 7.13. The van der Waals surface area contributed by atoms with Crippen molar-refractivity contribution in [1.82, 2.24) is 5.32 Å². The summed E-state index contributed by atoms with van der Waals surface area (Å²) in [6, 6.07) is 4.91. The zero-order chi connectivity index (χ0) is 14.8. The third-order valence-electron chi connectivity index (χ3n) is 5.45. The van der Waals surface area contributed by atoms with E-state index in [0.717, 1.165) is 6.42 Å². The number of aromatic hydroxyl groups is 1. The van der Waals surface area contributed by atoms with Gasteiger partial charge < -0.3 is 10.4 Å². The predicted molar refractivity (Wildman–Crippen MR) is 87.9 cm³/mol. The molecular weight excluding hydrogens is 258 g/mol. The summed E-state index contributed by atoms with van der Waals surface area (Å²) in [6.07, 6.45) is 10.6. The zero-order valence-corrected chi connectivity index (χ0v) is 13.5. The average molecular weight is 287 g/mol. The van der Waals surface area contributed by atoms with Crippen LogP contribution in [0.2, 0.25) is 0 Å². The zero-order valence-electron chi connectivity index (χ0n) is 13.5. The van der Waals surface area contributed by atoms with Crippen LogP contribution in [0.3, 0.4) is 0 Å². The Morgan fingerprint density at radius 3 is 2.38 bits per heavy atom. The Morgan fingerprint density at radius 1 is 1.00 bits per heavy atom. The second kappa shape index (κ2) is 6.39. The number of benzene rings is 1. The lowest BCUT2D eigenvalue weighted by atomic mass is 9.95. The molecule has 0 spiro atoms. The van der Waals surface area contributed by atoms with Crippen molar-refractivity contribution in [3.05, 3.63) is 28.8 Å². The molecule has 0 heterocycles. The van der Waals surface area contributed by atoms with E-state index in [1.54, 1.807) is 0 Å². The molecule has 2 N–H and O–H groups in total. The van der Waals surface area contributed by atoms with Crippen molar-refractivity contribution < 1.29 is 5.11 Å². The third-order valence-corrected chi connectivity index (χ3v) is 5.45. The van der Waals surface area contributed by atoms with Crippen LogP contribution in [0.15, 0.2) is 12.1 Å². The standard InChI is InChI=1S/C19H29NO/c1-13-10-11-17(21)19-16(12-14(2)18(13)19)20-15-8-6-4-3-5-7-9-15/h10-11,14-16,20-21H,3-9,12H2,1-2H3. The van der Waals surface area contributed by atoms with E-state index >= 15 is 0 Å². The molecule has 21 heavy (non-hydrogen) atoms. The van der Waals surface area contributed by atoms with E-state index in [-0.39, 0.29) is 0 Å². The molecule has 116 valence electrons. The molecule has 2 aliphatic carbocycles. The fourth-order valence-electron chi connectivity index (χ4n) is 4.40. The van der Waals surface area contributed by atoms with Gasteiger partial charge in [-0.3, -0.25) is 0 Å². The Hall–Kier alpha value is -1.02. The van der Waals surface area contributed by atoms with E-state index in [1.165, 1.54) is 61.6 Å². The summed E-state index contributed by atoms with van der Waals surface area (Å²) in [6.45, 7) is 4.47. The van der Waals surface area contributed by atoms with Gasteiger partial charge in [-0.15, -0.1) is 0 Å². The predicted octanol–water partition coefficient (Wildman–Crippen LogP) is 4.95.